The van der Waals surface area contributed by atoms with Crippen LogP contribution in [0.4, 0.5) is 10.1 Å². The zero-order chi connectivity index (χ0) is 39.4. The molecule has 9 rings (SSSR count). The number of halogens is 1. The number of aromatic amines is 1. The number of imide groups is 1. The first-order valence-electron chi connectivity index (χ1n) is 19.7. The van der Waals surface area contributed by atoms with Crippen LogP contribution in [0.3, 0.4) is 0 Å². The highest BCUT2D eigenvalue weighted by atomic mass is 19.1. The van der Waals surface area contributed by atoms with E-state index < -0.39 is 17.8 Å². The lowest BCUT2D eigenvalue weighted by Gasteiger charge is -2.36. The average Bonchev–Trinajstić information content (AvgIpc) is 3.55. The number of anilines is 1. The summed E-state index contributed by atoms with van der Waals surface area (Å²) in [4.78, 5) is 53.4. The summed E-state index contributed by atoms with van der Waals surface area (Å²) in [5.74, 6) is -0.625. The van der Waals surface area contributed by atoms with E-state index in [2.05, 4.69) is 58.5 Å². The topological polar surface area (TPSA) is 180 Å². The molecule has 0 unspecified atom stereocenters. The van der Waals surface area contributed by atoms with Gasteiger partial charge in [-0.15, -0.1) is 0 Å². The third-order valence-corrected chi connectivity index (χ3v) is 12.1. The van der Waals surface area contributed by atoms with E-state index in [-0.39, 0.29) is 29.0 Å². The first-order chi connectivity index (χ1) is 27.5. The molecule has 0 bridgehead atoms. The highest BCUT2D eigenvalue weighted by Gasteiger charge is 2.45. The molecular weight excluding hydrogens is 726 g/mol. The van der Waals surface area contributed by atoms with E-state index in [0.717, 1.165) is 66.3 Å². The second-order valence-corrected chi connectivity index (χ2v) is 16.1. The number of aromatic nitrogens is 5. The second-order valence-electron chi connectivity index (χ2n) is 16.1. The third kappa shape index (κ3) is 7.02. The molecule has 3 aliphatic rings. The lowest BCUT2D eigenvalue weighted by Crippen LogP contribution is -2.42. The van der Waals surface area contributed by atoms with E-state index in [4.69, 9.17) is 4.52 Å². The number of nitrogens with zero attached hydrogens (tertiary/aromatic N) is 4. The molecule has 0 spiro atoms. The molecule has 3 aromatic heterocycles. The van der Waals surface area contributed by atoms with Gasteiger partial charge in [0.2, 0.25) is 17.7 Å². The highest BCUT2D eigenvalue weighted by molar-refractivity contribution is 6.12. The van der Waals surface area contributed by atoms with Crippen LogP contribution in [0, 0.1) is 12.7 Å². The maximum atomic E-state index is 16.2. The maximum absolute atomic E-state index is 16.2. The number of H-pyrrole nitrogens is 1. The molecule has 4 heterocycles. The molecule has 2 aliphatic carbocycles. The fourth-order valence-corrected chi connectivity index (χ4v) is 8.25. The predicted octanol–water partition coefficient (Wildman–Crippen LogP) is 6.62. The predicted molar refractivity (Wildman–Crippen MR) is 212 cm³/mol. The Morgan fingerprint density at radius 2 is 1.82 bits per heavy atom. The summed E-state index contributed by atoms with van der Waals surface area (Å²) in [6.45, 7) is 7.07. The van der Waals surface area contributed by atoms with Gasteiger partial charge in [0, 0.05) is 53.1 Å². The molecule has 3 amide bonds. The number of fused-ring (bicyclic) bond motifs is 3. The van der Waals surface area contributed by atoms with E-state index >= 15 is 4.39 Å². The Morgan fingerprint density at radius 3 is 2.60 bits per heavy atom. The monoisotopic (exact) mass is 769 g/mol. The summed E-state index contributed by atoms with van der Waals surface area (Å²) in [5.41, 5.74) is 6.39. The molecule has 1 saturated heterocycles. The number of piperidine rings is 1. The fraction of sp³-hybridized carbons (Fsp3) is 0.372. The average molecular weight is 770 g/mol. The minimum atomic E-state index is -0.511. The Kier molecular flexibility index (Phi) is 9.30. The van der Waals surface area contributed by atoms with Gasteiger partial charge >= 0.3 is 0 Å². The van der Waals surface area contributed by atoms with Crippen LogP contribution < -0.4 is 21.3 Å². The number of hydrogen-bond acceptors (Lipinski definition) is 10. The van der Waals surface area contributed by atoms with E-state index in [9.17, 15) is 14.4 Å². The number of benzene rings is 3. The number of nitrogens with one attached hydrogen (secondary N) is 5. The summed E-state index contributed by atoms with van der Waals surface area (Å²) < 4.78 is 21.5. The van der Waals surface area contributed by atoms with Crippen molar-refractivity contribution in [3.8, 4) is 11.3 Å². The van der Waals surface area contributed by atoms with Gasteiger partial charge in [-0.05, 0) is 92.3 Å². The molecule has 5 N–H and O–H groups in total. The molecule has 14 heteroatoms. The van der Waals surface area contributed by atoms with Crippen LogP contribution in [0.25, 0.3) is 33.2 Å². The Morgan fingerprint density at radius 1 is 1.04 bits per heavy atom. The molecule has 1 aliphatic heterocycles. The van der Waals surface area contributed by atoms with E-state index in [1.54, 1.807) is 19.9 Å². The van der Waals surface area contributed by atoms with E-state index in [1.807, 2.05) is 43.3 Å². The van der Waals surface area contributed by atoms with Gasteiger partial charge in [0.05, 0.1) is 23.0 Å². The molecule has 3 fully saturated rings. The first-order valence-corrected chi connectivity index (χ1v) is 19.7. The number of carbonyl (C=O) groups excluding carboxylic acids is 3. The molecule has 2 atom stereocenters. The molecule has 57 heavy (non-hydrogen) atoms. The van der Waals surface area contributed by atoms with Gasteiger partial charge in [-0.1, -0.05) is 48.5 Å². The van der Waals surface area contributed by atoms with Gasteiger partial charge in [0.25, 0.3) is 11.7 Å². The standard InChI is InChI=1S/C43H44FN9O4/c1-22-29(23(2)49-41(56)39-52-42(57-53-39)43(3)14-15-43)10-11-32(36(22)44)37-35-31-9-8-27(20-33(31)50-38(35)48-21-47-37)45-16-17-46-28-18-26(19-28)24-4-6-25(7-5-24)30-12-13-34(54)51-40(30)55/h4-11,20-21,23,26,28,30,45-46H,12-19H2,1-3H3,(H,49,56)(H,47,48,50)(H,51,54,55)/t23-,26?,28?,30-/m1/s1. The SMILES string of the molecule is Cc1c([C@@H](C)NC(=O)c2noc(C3(C)CC3)n2)ccc(-c2ncnc3[nH]c4cc(NCCNC5CC(c6ccc([C@H]7CCC(=O)NC7=O)cc6)C5)ccc4c23)c1F. The molecule has 292 valence electrons. The van der Waals surface area contributed by atoms with Gasteiger partial charge in [-0.2, -0.15) is 4.98 Å². The summed E-state index contributed by atoms with van der Waals surface area (Å²) in [6, 6.07) is 17.8. The van der Waals surface area contributed by atoms with Crippen LogP contribution in [0.1, 0.15) is 109 Å². The maximum Gasteiger partial charge on any atom is 0.293 e. The highest BCUT2D eigenvalue weighted by Crippen LogP contribution is 2.46. The Bertz CT molecular complexity index is 2540. The molecule has 3 aromatic carbocycles. The van der Waals surface area contributed by atoms with Crippen molar-refractivity contribution in [3.63, 3.8) is 0 Å². The van der Waals surface area contributed by atoms with Crippen LogP contribution in [0.2, 0.25) is 0 Å². The lowest BCUT2D eigenvalue weighted by atomic mass is 9.75. The van der Waals surface area contributed by atoms with Crippen molar-refractivity contribution >= 4 is 45.3 Å². The molecule has 6 aromatic rings. The van der Waals surface area contributed by atoms with Crippen molar-refractivity contribution in [1.82, 2.24) is 41.0 Å². The van der Waals surface area contributed by atoms with Crippen molar-refractivity contribution in [1.29, 1.82) is 0 Å². The summed E-state index contributed by atoms with van der Waals surface area (Å²) in [7, 11) is 0. The van der Waals surface area contributed by atoms with E-state index in [1.165, 1.54) is 11.9 Å². The van der Waals surface area contributed by atoms with Crippen LogP contribution in [-0.2, 0) is 15.0 Å². The quantitative estimate of drug-likeness (QED) is 0.0671. The molecule has 13 nitrogen and oxygen atoms in total. The normalized spacial score (nSPS) is 20.6. The molecule has 0 radical (unpaired) electrons. The third-order valence-electron chi connectivity index (χ3n) is 12.1. The minimum Gasteiger partial charge on any atom is -0.384 e. The van der Waals surface area contributed by atoms with Crippen molar-refractivity contribution in [2.24, 2.45) is 0 Å². The number of rotatable bonds is 12. The van der Waals surface area contributed by atoms with Crippen molar-refractivity contribution in [2.45, 2.75) is 88.6 Å². The van der Waals surface area contributed by atoms with Gasteiger partial charge < -0.3 is 25.5 Å². The Hall–Kier alpha value is -6.02. The van der Waals surface area contributed by atoms with Crippen LogP contribution >= 0.6 is 0 Å². The molecule has 2 saturated carbocycles. The van der Waals surface area contributed by atoms with Crippen molar-refractivity contribution < 1.29 is 23.3 Å². The number of carbonyl (C=O) groups is 3. The van der Waals surface area contributed by atoms with Crippen LogP contribution in [-0.4, -0.2) is 61.9 Å². The summed E-state index contributed by atoms with van der Waals surface area (Å²) >= 11 is 0. The zero-order valence-corrected chi connectivity index (χ0v) is 32.0. The van der Waals surface area contributed by atoms with Gasteiger partial charge in [-0.3, -0.25) is 19.7 Å². The van der Waals surface area contributed by atoms with E-state index in [0.29, 0.717) is 58.7 Å². The zero-order valence-electron chi connectivity index (χ0n) is 32.0. The first kappa shape index (κ1) is 36.6. The Balaban J connectivity index is 0.807. The van der Waals surface area contributed by atoms with Crippen molar-refractivity contribution in [3.05, 3.63) is 101 Å². The van der Waals surface area contributed by atoms with Gasteiger partial charge in [0.1, 0.15) is 17.8 Å². The minimum absolute atomic E-state index is 0.0324. The largest absolute Gasteiger partial charge is 0.384 e. The van der Waals surface area contributed by atoms with Gasteiger partial charge in [0.15, 0.2) is 0 Å². The lowest BCUT2D eigenvalue weighted by molar-refractivity contribution is -0.134. The summed E-state index contributed by atoms with van der Waals surface area (Å²) in [6.07, 6.45) is 6.39. The fourth-order valence-electron chi connectivity index (χ4n) is 8.25. The Labute approximate surface area is 328 Å². The number of amides is 3. The number of hydrogen-bond donors (Lipinski definition) is 5. The van der Waals surface area contributed by atoms with Gasteiger partial charge in [-0.25, -0.2) is 14.4 Å². The van der Waals surface area contributed by atoms with Crippen LogP contribution in [0.15, 0.2) is 65.4 Å². The summed E-state index contributed by atoms with van der Waals surface area (Å²) in [5, 5.41) is 18.0. The smallest absolute Gasteiger partial charge is 0.293 e. The van der Waals surface area contributed by atoms with Crippen molar-refractivity contribution in [2.75, 3.05) is 18.4 Å². The van der Waals surface area contributed by atoms with Crippen LogP contribution in [0.5, 0.6) is 0 Å². The molecular formula is C43H44FN9O4. The second kappa shape index (κ2) is 14.5.